The van der Waals surface area contributed by atoms with Crippen LogP contribution in [0.1, 0.15) is 24.0 Å². The van der Waals surface area contributed by atoms with Crippen LogP contribution >= 0.6 is 11.3 Å². The highest BCUT2D eigenvalue weighted by molar-refractivity contribution is 7.91. The van der Waals surface area contributed by atoms with Gasteiger partial charge in [0.1, 0.15) is 12.1 Å². The lowest BCUT2D eigenvalue weighted by Crippen LogP contribution is -2.50. The standard InChI is InChI=1S/C30H42N10O4S2/c1-19(17-38-12-14-39(15-13-38)46(42,43)28-21(3)34-29(45-28)35-30(41)44-7)33-27-24-10-8-9-23(26(24)31-18-32-27)25-20(2)36-40(22(25)4)16-11-37(5)6/h8-10,18-19H,11-17H2,1-7H3,(H,31,32,33)(H,34,35,41)/t19-/m0/s1. The Morgan fingerprint density at radius 3 is 2.54 bits per heavy atom. The molecule has 16 heteroatoms. The maximum absolute atomic E-state index is 13.4. The first-order valence-electron chi connectivity index (χ1n) is 15.1. The lowest BCUT2D eigenvalue weighted by Gasteiger charge is -2.35. The number of anilines is 2. The first kappa shape index (κ1) is 33.7. The second-order valence-electron chi connectivity index (χ2n) is 11.8. The van der Waals surface area contributed by atoms with Gasteiger partial charge in [0.25, 0.3) is 10.0 Å². The summed E-state index contributed by atoms with van der Waals surface area (Å²) in [5, 5.41) is 12.0. The van der Waals surface area contributed by atoms with Crippen molar-refractivity contribution in [3.63, 3.8) is 0 Å². The Balaban J connectivity index is 1.25. The highest BCUT2D eigenvalue weighted by atomic mass is 32.2. The molecule has 4 aromatic rings. The van der Waals surface area contributed by atoms with Crippen LogP contribution in [0.2, 0.25) is 0 Å². The predicted molar refractivity (Wildman–Crippen MR) is 180 cm³/mol. The number of likely N-dealkylation sites (N-methyl/N-ethyl adjacent to an activating group) is 1. The number of aryl methyl sites for hydroxylation is 2. The van der Waals surface area contributed by atoms with Gasteiger partial charge in [-0.15, -0.1) is 0 Å². The minimum Gasteiger partial charge on any atom is -0.453 e. The van der Waals surface area contributed by atoms with Crippen molar-refractivity contribution >= 4 is 49.3 Å². The van der Waals surface area contributed by atoms with Crippen LogP contribution in [0.5, 0.6) is 0 Å². The number of nitrogens with zero attached hydrogens (tertiary/aromatic N) is 8. The van der Waals surface area contributed by atoms with Gasteiger partial charge in [-0.2, -0.15) is 9.40 Å². The number of piperazine rings is 1. The van der Waals surface area contributed by atoms with Crippen molar-refractivity contribution in [1.82, 2.24) is 38.8 Å². The molecule has 248 valence electrons. The van der Waals surface area contributed by atoms with E-state index in [-0.39, 0.29) is 15.4 Å². The lowest BCUT2D eigenvalue weighted by atomic mass is 10.0. The Bertz CT molecular complexity index is 1810. The van der Waals surface area contributed by atoms with Crippen LogP contribution < -0.4 is 10.6 Å². The van der Waals surface area contributed by atoms with Gasteiger partial charge in [-0.3, -0.25) is 14.9 Å². The summed E-state index contributed by atoms with van der Waals surface area (Å²) in [5.41, 5.74) is 5.42. The molecule has 0 bridgehead atoms. The smallest absolute Gasteiger partial charge is 0.413 e. The molecule has 4 heterocycles. The van der Waals surface area contributed by atoms with Crippen molar-refractivity contribution in [3.8, 4) is 11.1 Å². The Labute approximate surface area is 273 Å². The first-order chi connectivity index (χ1) is 21.9. The maximum Gasteiger partial charge on any atom is 0.413 e. The van der Waals surface area contributed by atoms with Crippen molar-refractivity contribution in [2.24, 2.45) is 0 Å². The Hall–Kier alpha value is -3.70. The van der Waals surface area contributed by atoms with Gasteiger partial charge >= 0.3 is 6.09 Å². The third-order valence-corrected chi connectivity index (χ3v) is 11.6. The molecule has 1 atom stereocenters. The molecule has 1 aromatic carbocycles. The first-order valence-corrected chi connectivity index (χ1v) is 17.4. The molecular formula is C30H42N10O4S2. The van der Waals surface area contributed by atoms with Gasteiger partial charge in [-0.1, -0.05) is 23.5 Å². The third-order valence-electron chi connectivity index (χ3n) is 8.04. The maximum atomic E-state index is 13.4. The molecule has 0 spiro atoms. The molecule has 2 N–H and O–H groups in total. The Morgan fingerprint density at radius 2 is 1.85 bits per heavy atom. The van der Waals surface area contributed by atoms with Gasteiger partial charge < -0.3 is 15.0 Å². The number of hydrogen-bond acceptors (Lipinski definition) is 12. The molecule has 1 saturated heterocycles. The van der Waals surface area contributed by atoms with Crippen LogP contribution in [0.25, 0.3) is 22.0 Å². The topological polar surface area (TPSA) is 151 Å². The molecule has 1 aliphatic heterocycles. The fourth-order valence-electron chi connectivity index (χ4n) is 5.75. The molecule has 5 rings (SSSR count). The van der Waals surface area contributed by atoms with Gasteiger partial charge in [0.15, 0.2) is 9.34 Å². The van der Waals surface area contributed by atoms with Crippen molar-refractivity contribution in [3.05, 3.63) is 41.6 Å². The van der Waals surface area contributed by atoms with E-state index in [2.05, 4.69) is 78.8 Å². The lowest BCUT2D eigenvalue weighted by molar-refractivity contribution is 0.184. The number of rotatable bonds is 11. The molecule has 0 radical (unpaired) electrons. The number of carbonyl (C=O) groups is 1. The second-order valence-corrected chi connectivity index (χ2v) is 14.9. The number of carbonyl (C=O) groups excluding carboxylic acids is 1. The van der Waals surface area contributed by atoms with E-state index in [4.69, 9.17) is 5.10 Å². The van der Waals surface area contributed by atoms with E-state index in [1.165, 1.54) is 11.4 Å². The Kier molecular flexibility index (Phi) is 10.2. The van der Waals surface area contributed by atoms with E-state index < -0.39 is 16.1 Å². The number of benzene rings is 1. The van der Waals surface area contributed by atoms with Crippen LogP contribution in [-0.2, 0) is 21.3 Å². The number of ether oxygens (including phenoxy) is 1. The summed E-state index contributed by atoms with van der Waals surface area (Å²) < 4.78 is 35.1. The number of fused-ring (bicyclic) bond motifs is 1. The van der Waals surface area contributed by atoms with Crippen LogP contribution in [0.3, 0.4) is 0 Å². The van der Waals surface area contributed by atoms with Crippen molar-refractivity contribution < 1.29 is 17.9 Å². The van der Waals surface area contributed by atoms with Gasteiger partial charge in [-0.25, -0.2) is 28.2 Å². The minimum absolute atomic E-state index is 0.0397. The number of hydrogen-bond donors (Lipinski definition) is 2. The van der Waals surface area contributed by atoms with E-state index in [0.29, 0.717) is 38.4 Å². The van der Waals surface area contributed by atoms with Crippen LogP contribution in [0, 0.1) is 20.8 Å². The highest BCUT2D eigenvalue weighted by Crippen LogP contribution is 2.34. The molecule has 0 aliphatic carbocycles. The number of para-hydroxylation sites is 1. The summed E-state index contributed by atoms with van der Waals surface area (Å²) in [4.78, 5) is 29.4. The predicted octanol–water partition coefficient (Wildman–Crippen LogP) is 3.42. The fraction of sp³-hybridized carbons (Fsp3) is 0.500. The van der Waals surface area contributed by atoms with Crippen LogP contribution in [0.4, 0.5) is 15.7 Å². The second kappa shape index (κ2) is 14.0. The van der Waals surface area contributed by atoms with Crippen molar-refractivity contribution in [2.75, 3.05) is 71.1 Å². The molecule has 14 nitrogen and oxygen atoms in total. The summed E-state index contributed by atoms with van der Waals surface area (Å²) in [6.45, 7) is 12.2. The normalized spacial score (nSPS) is 15.4. The summed E-state index contributed by atoms with van der Waals surface area (Å²) in [5.74, 6) is 0.757. The zero-order valence-electron chi connectivity index (χ0n) is 27.4. The average molecular weight is 671 g/mol. The highest BCUT2D eigenvalue weighted by Gasteiger charge is 2.32. The summed E-state index contributed by atoms with van der Waals surface area (Å²) in [7, 11) is 1.61. The number of thiazole rings is 1. The van der Waals surface area contributed by atoms with Crippen LogP contribution in [-0.4, -0.2) is 120 Å². The van der Waals surface area contributed by atoms with E-state index >= 15 is 0 Å². The zero-order chi connectivity index (χ0) is 33.2. The van der Waals surface area contributed by atoms with Crippen molar-refractivity contribution in [1.29, 1.82) is 0 Å². The minimum atomic E-state index is -3.75. The molecule has 1 amide bonds. The monoisotopic (exact) mass is 670 g/mol. The fourth-order valence-corrected chi connectivity index (χ4v) is 8.71. The molecule has 0 saturated carbocycles. The number of sulfonamides is 1. The largest absolute Gasteiger partial charge is 0.453 e. The summed E-state index contributed by atoms with van der Waals surface area (Å²) >= 11 is 0.928. The number of aromatic nitrogens is 5. The average Bonchev–Trinajstić information content (AvgIpc) is 3.53. The van der Waals surface area contributed by atoms with E-state index in [0.717, 1.165) is 63.7 Å². The molecular weight excluding hydrogens is 629 g/mol. The zero-order valence-corrected chi connectivity index (χ0v) is 29.0. The van der Waals surface area contributed by atoms with Gasteiger partial charge in [0.2, 0.25) is 0 Å². The van der Waals surface area contributed by atoms with E-state index in [9.17, 15) is 13.2 Å². The van der Waals surface area contributed by atoms with Gasteiger partial charge in [-0.05, 0) is 47.9 Å². The van der Waals surface area contributed by atoms with Crippen LogP contribution in [0.15, 0.2) is 28.7 Å². The number of amides is 1. The summed E-state index contributed by atoms with van der Waals surface area (Å²) in [6, 6.07) is 6.20. The quantitative estimate of drug-likeness (QED) is 0.242. The van der Waals surface area contributed by atoms with E-state index in [1.54, 1.807) is 13.3 Å². The molecule has 3 aromatic heterocycles. The third kappa shape index (κ3) is 7.15. The SMILES string of the molecule is COC(=O)Nc1nc(C)c(S(=O)(=O)N2CCN(C[C@H](C)Nc3ncnc4c(-c5c(C)nn(CCN(C)C)c5C)cccc34)CC2)s1. The van der Waals surface area contributed by atoms with Gasteiger partial charge in [0.05, 0.1) is 30.6 Å². The summed E-state index contributed by atoms with van der Waals surface area (Å²) in [6.07, 6.45) is 0.900. The molecule has 1 aliphatic rings. The van der Waals surface area contributed by atoms with E-state index in [1.807, 2.05) is 19.1 Å². The number of nitrogens with one attached hydrogen (secondary N) is 2. The number of methoxy groups -OCH3 is 1. The van der Waals surface area contributed by atoms with Crippen molar-refractivity contribution in [2.45, 2.75) is 44.5 Å². The molecule has 1 fully saturated rings. The molecule has 46 heavy (non-hydrogen) atoms. The Morgan fingerprint density at radius 1 is 1.11 bits per heavy atom. The van der Waals surface area contributed by atoms with Gasteiger partial charge in [0, 0.05) is 67.5 Å². The molecule has 0 unspecified atom stereocenters.